The van der Waals surface area contributed by atoms with Gasteiger partial charge in [-0.05, 0) is 37.5 Å². The average molecular weight is 474 g/mol. The Labute approximate surface area is 173 Å². The SMILES string of the molecule is CCNC(=NCc1cccc(NC(=O)C2CCCC2)c1)NCCOC.I. The molecule has 0 heterocycles. The minimum absolute atomic E-state index is 0. The predicted octanol–water partition coefficient (Wildman–Crippen LogP) is 3.13. The molecule has 6 nitrogen and oxygen atoms in total. The van der Waals surface area contributed by atoms with Crippen molar-refractivity contribution in [3.8, 4) is 0 Å². The average Bonchev–Trinajstić information content (AvgIpc) is 3.15. The van der Waals surface area contributed by atoms with Crippen LogP contribution < -0.4 is 16.0 Å². The van der Waals surface area contributed by atoms with Crippen molar-refractivity contribution in [2.24, 2.45) is 10.9 Å². The summed E-state index contributed by atoms with van der Waals surface area (Å²) in [6.45, 7) is 4.73. The van der Waals surface area contributed by atoms with Gasteiger partial charge in [0.15, 0.2) is 5.96 Å². The molecule has 1 saturated carbocycles. The van der Waals surface area contributed by atoms with E-state index in [1.54, 1.807) is 7.11 Å². The fourth-order valence-electron chi connectivity index (χ4n) is 2.96. The molecule has 26 heavy (non-hydrogen) atoms. The molecule has 0 atom stereocenters. The Balaban J connectivity index is 0.00000338. The van der Waals surface area contributed by atoms with Crippen LogP contribution in [0.2, 0.25) is 0 Å². The highest BCUT2D eigenvalue weighted by Gasteiger charge is 2.22. The van der Waals surface area contributed by atoms with Gasteiger partial charge in [-0.3, -0.25) is 4.79 Å². The molecule has 1 fully saturated rings. The second kappa shape index (κ2) is 12.9. The third-order valence-electron chi connectivity index (χ3n) is 4.28. The summed E-state index contributed by atoms with van der Waals surface area (Å²) in [4.78, 5) is 16.8. The minimum Gasteiger partial charge on any atom is -0.383 e. The summed E-state index contributed by atoms with van der Waals surface area (Å²) < 4.78 is 5.04. The fraction of sp³-hybridized carbons (Fsp3) is 0.579. The van der Waals surface area contributed by atoms with Crippen LogP contribution in [0.15, 0.2) is 29.3 Å². The number of nitrogens with one attached hydrogen (secondary N) is 3. The van der Waals surface area contributed by atoms with Gasteiger partial charge in [-0.2, -0.15) is 0 Å². The van der Waals surface area contributed by atoms with Crippen molar-refractivity contribution in [2.75, 3.05) is 32.1 Å². The first-order chi connectivity index (χ1) is 12.2. The lowest BCUT2D eigenvalue weighted by Gasteiger charge is -2.12. The molecule has 0 spiro atoms. The molecule has 1 aliphatic rings. The van der Waals surface area contributed by atoms with Gasteiger partial charge in [-0.25, -0.2) is 4.99 Å². The second-order valence-corrected chi connectivity index (χ2v) is 6.29. The molecule has 0 aromatic heterocycles. The summed E-state index contributed by atoms with van der Waals surface area (Å²) >= 11 is 0. The zero-order chi connectivity index (χ0) is 17.9. The highest BCUT2D eigenvalue weighted by molar-refractivity contribution is 14.0. The Morgan fingerprint density at radius 3 is 2.73 bits per heavy atom. The summed E-state index contributed by atoms with van der Waals surface area (Å²) in [5.41, 5.74) is 1.91. The van der Waals surface area contributed by atoms with Gasteiger partial charge in [0.25, 0.3) is 0 Å². The third kappa shape index (κ3) is 7.90. The van der Waals surface area contributed by atoms with Crippen LogP contribution in [0.25, 0.3) is 0 Å². The molecule has 0 saturated heterocycles. The van der Waals surface area contributed by atoms with E-state index in [4.69, 9.17) is 4.74 Å². The van der Waals surface area contributed by atoms with Gasteiger partial charge in [0.1, 0.15) is 0 Å². The van der Waals surface area contributed by atoms with Crippen molar-refractivity contribution in [3.63, 3.8) is 0 Å². The number of nitrogens with zero attached hydrogens (tertiary/aromatic N) is 1. The Morgan fingerprint density at radius 2 is 2.04 bits per heavy atom. The number of hydrogen-bond acceptors (Lipinski definition) is 3. The van der Waals surface area contributed by atoms with Gasteiger partial charge in [-0.15, -0.1) is 24.0 Å². The number of rotatable bonds is 8. The van der Waals surface area contributed by atoms with E-state index in [9.17, 15) is 4.79 Å². The summed E-state index contributed by atoms with van der Waals surface area (Å²) in [6.07, 6.45) is 4.34. The van der Waals surface area contributed by atoms with Crippen LogP contribution in [0, 0.1) is 5.92 Å². The first kappa shape index (κ1) is 22.7. The zero-order valence-corrected chi connectivity index (χ0v) is 18.0. The van der Waals surface area contributed by atoms with Crippen molar-refractivity contribution in [1.29, 1.82) is 0 Å². The normalized spacial score (nSPS) is 14.6. The number of amides is 1. The van der Waals surface area contributed by atoms with E-state index in [1.165, 1.54) is 0 Å². The monoisotopic (exact) mass is 474 g/mol. The molecule has 0 radical (unpaired) electrons. The van der Waals surface area contributed by atoms with E-state index >= 15 is 0 Å². The van der Waals surface area contributed by atoms with Crippen molar-refractivity contribution < 1.29 is 9.53 Å². The van der Waals surface area contributed by atoms with Crippen LogP contribution in [0.1, 0.15) is 38.2 Å². The molecular formula is C19H31IN4O2. The van der Waals surface area contributed by atoms with E-state index < -0.39 is 0 Å². The summed E-state index contributed by atoms with van der Waals surface area (Å²) in [6, 6.07) is 7.91. The van der Waals surface area contributed by atoms with Gasteiger partial charge in [0.05, 0.1) is 13.2 Å². The molecule has 1 aliphatic carbocycles. The Kier molecular flexibility index (Phi) is 11.3. The molecule has 146 valence electrons. The van der Waals surface area contributed by atoms with E-state index in [1.807, 2.05) is 31.2 Å². The third-order valence-corrected chi connectivity index (χ3v) is 4.28. The first-order valence-electron chi connectivity index (χ1n) is 9.14. The van der Waals surface area contributed by atoms with E-state index in [-0.39, 0.29) is 35.8 Å². The number of halogens is 1. The van der Waals surface area contributed by atoms with Gasteiger partial charge in [0, 0.05) is 31.8 Å². The summed E-state index contributed by atoms with van der Waals surface area (Å²) in [7, 11) is 1.68. The quantitative estimate of drug-likeness (QED) is 0.234. The smallest absolute Gasteiger partial charge is 0.227 e. The predicted molar refractivity (Wildman–Crippen MR) is 117 cm³/mol. The maximum absolute atomic E-state index is 12.3. The van der Waals surface area contributed by atoms with Crippen LogP contribution in [0.5, 0.6) is 0 Å². The van der Waals surface area contributed by atoms with Crippen molar-refractivity contribution in [3.05, 3.63) is 29.8 Å². The van der Waals surface area contributed by atoms with E-state index in [2.05, 4.69) is 20.9 Å². The molecule has 0 bridgehead atoms. The lowest BCUT2D eigenvalue weighted by atomic mass is 10.1. The Morgan fingerprint density at radius 1 is 1.27 bits per heavy atom. The number of aliphatic imine (C=N–C) groups is 1. The van der Waals surface area contributed by atoms with Gasteiger partial charge in [-0.1, -0.05) is 25.0 Å². The molecule has 7 heteroatoms. The van der Waals surface area contributed by atoms with Crippen LogP contribution in [0.4, 0.5) is 5.69 Å². The van der Waals surface area contributed by atoms with Crippen LogP contribution in [-0.4, -0.2) is 38.7 Å². The molecule has 3 N–H and O–H groups in total. The number of guanidine groups is 1. The highest BCUT2D eigenvalue weighted by Crippen LogP contribution is 2.26. The maximum Gasteiger partial charge on any atom is 0.227 e. The second-order valence-electron chi connectivity index (χ2n) is 6.29. The van der Waals surface area contributed by atoms with E-state index in [0.717, 1.165) is 49.4 Å². The molecule has 0 unspecified atom stereocenters. The van der Waals surface area contributed by atoms with Crippen LogP contribution in [-0.2, 0) is 16.1 Å². The van der Waals surface area contributed by atoms with Gasteiger partial charge < -0.3 is 20.7 Å². The number of hydrogen-bond donors (Lipinski definition) is 3. The molecular weight excluding hydrogens is 443 g/mol. The van der Waals surface area contributed by atoms with Gasteiger partial charge in [0.2, 0.25) is 5.91 Å². The number of carbonyl (C=O) groups is 1. The topological polar surface area (TPSA) is 74.8 Å². The van der Waals surface area contributed by atoms with Crippen LogP contribution >= 0.6 is 24.0 Å². The first-order valence-corrected chi connectivity index (χ1v) is 9.14. The molecule has 0 aliphatic heterocycles. The number of carbonyl (C=O) groups excluding carboxylic acids is 1. The standard InChI is InChI=1S/C19H30N4O2.HI/c1-3-20-19(21-11-12-25-2)22-14-15-7-6-10-17(13-15)23-18(24)16-8-4-5-9-16;/h6-7,10,13,16H,3-5,8-9,11-12,14H2,1-2H3,(H,23,24)(H2,20,21,22);1H. The lowest BCUT2D eigenvalue weighted by Crippen LogP contribution is -2.38. The minimum atomic E-state index is 0. The van der Waals surface area contributed by atoms with Crippen LogP contribution in [0.3, 0.4) is 0 Å². The Bertz CT molecular complexity index is 574. The van der Waals surface area contributed by atoms with Crippen molar-refractivity contribution in [2.45, 2.75) is 39.2 Å². The fourth-order valence-corrected chi connectivity index (χ4v) is 2.96. The largest absolute Gasteiger partial charge is 0.383 e. The maximum atomic E-state index is 12.3. The number of anilines is 1. The van der Waals surface area contributed by atoms with Gasteiger partial charge >= 0.3 is 0 Å². The molecule has 1 aromatic carbocycles. The van der Waals surface area contributed by atoms with Crippen molar-refractivity contribution >= 4 is 41.5 Å². The molecule has 1 aromatic rings. The number of methoxy groups -OCH3 is 1. The Hall–Kier alpha value is -1.35. The number of benzene rings is 1. The molecule has 1 amide bonds. The lowest BCUT2D eigenvalue weighted by molar-refractivity contribution is -0.119. The molecule has 2 rings (SSSR count). The van der Waals surface area contributed by atoms with Crippen molar-refractivity contribution in [1.82, 2.24) is 10.6 Å². The summed E-state index contributed by atoms with van der Waals surface area (Å²) in [5.74, 6) is 1.08. The highest BCUT2D eigenvalue weighted by atomic mass is 127. The summed E-state index contributed by atoms with van der Waals surface area (Å²) in [5, 5.41) is 9.47. The van der Waals surface area contributed by atoms with E-state index in [0.29, 0.717) is 19.7 Å². The number of ether oxygens (including phenoxy) is 1. The zero-order valence-electron chi connectivity index (χ0n) is 15.7.